The lowest BCUT2D eigenvalue weighted by atomic mass is 9.69. The van der Waals surface area contributed by atoms with Crippen LogP contribution in [0.2, 0.25) is 0 Å². The Morgan fingerprint density at radius 2 is 1.45 bits per heavy atom. The summed E-state index contributed by atoms with van der Waals surface area (Å²) in [4.78, 5) is 64.8. The first-order chi connectivity index (χ1) is 22.0. The standard InChI is InChI=1S/C36H30O11/c1-13-10-22(39)28-29(24(13)14(2)37)33(43)20-9-8-19(32(42)27(20)35(28)45)18-7-6-17-11-21-26(34(44)25(17)31(18)41)23(40)12-36(5,46)30(21)15(3)47-16(4)38/h6-11,15,30,39,41-42,44,46H,12H2,1-5H3. The fraction of sp³-hybridized carbons (Fsp3) is 0.250. The van der Waals surface area contributed by atoms with Crippen LogP contribution in [-0.2, 0) is 9.53 Å². The van der Waals surface area contributed by atoms with Crippen LogP contribution in [0.1, 0.15) is 104 Å². The number of rotatable bonds is 4. The molecule has 0 heterocycles. The van der Waals surface area contributed by atoms with Crippen molar-refractivity contribution in [3.63, 3.8) is 0 Å². The first-order valence-electron chi connectivity index (χ1n) is 14.7. The Kier molecular flexibility index (Phi) is 7.02. The van der Waals surface area contributed by atoms with E-state index in [-0.39, 0.29) is 49.7 Å². The quantitative estimate of drug-likeness (QED) is 0.131. The predicted molar refractivity (Wildman–Crippen MR) is 168 cm³/mol. The monoisotopic (exact) mass is 638 g/mol. The Balaban J connectivity index is 1.55. The van der Waals surface area contributed by atoms with Crippen LogP contribution in [0.15, 0.2) is 36.4 Å². The zero-order chi connectivity index (χ0) is 34.4. The van der Waals surface area contributed by atoms with Gasteiger partial charge in [0, 0.05) is 41.2 Å². The van der Waals surface area contributed by atoms with Crippen molar-refractivity contribution in [1.29, 1.82) is 0 Å². The van der Waals surface area contributed by atoms with Gasteiger partial charge in [-0.3, -0.25) is 24.0 Å². The van der Waals surface area contributed by atoms with E-state index in [0.717, 1.165) is 0 Å². The summed E-state index contributed by atoms with van der Waals surface area (Å²) in [6.45, 7) is 6.97. The van der Waals surface area contributed by atoms with E-state index in [2.05, 4.69) is 0 Å². The minimum atomic E-state index is -1.63. The van der Waals surface area contributed by atoms with Crippen molar-refractivity contribution in [2.75, 3.05) is 0 Å². The molecule has 5 N–H and O–H groups in total. The summed E-state index contributed by atoms with van der Waals surface area (Å²) in [5.41, 5.74) is -2.78. The first-order valence-corrected chi connectivity index (χ1v) is 14.7. The molecule has 4 aromatic carbocycles. The van der Waals surface area contributed by atoms with Crippen LogP contribution in [0.4, 0.5) is 0 Å². The van der Waals surface area contributed by atoms with Crippen molar-refractivity contribution >= 4 is 39.9 Å². The fourth-order valence-corrected chi connectivity index (χ4v) is 7.38. The highest BCUT2D eigenvalue weighted by Gasteiger charge is 2.47. The Bertz CT molecular complexity index is 2160. The number of ketones is 4. The molecule has 0 bridgehead atoms. The molecule has 0 saturated carbocycles. The van der Waals surface area contributed by atoms with E-state index >= 15 is 0 Å². The molecule has 11 heteroatoms. The van der Waals surface area contributed by atoms with Crippen molar-refractivity contribution in [2.45, 2.75) is 58.7 Å². The second-order valence-corrected chi connectivity index (χ2v) is 12.4. The van der Waals surface area contributed by atoms with Crippen LogP contribution in [0.25, 0.3) is 21.9 Å². The lowest BCUT2D eigenvalue weighted by molar-refractivity contribution is -0.149. The minimum absolute atomic E-state index is 0.0168. The maximum Gasteiger partial charge on any atom is 0.302 e. The number of aryl methyl sites for hydroxylation is 1. The molecule has 0 fully saturated rings. The smallest absolute Gasteiger partial charge is 0.302 e. The average molecular weight is 639 g/mol. The van der Waals surface area contributed by atoms with E-state index in [1.54, 1.807) is 6.92 Å². The van der Waals surface area contributed by atoms with Crippen molar-refractivity contribution in [2.24, 2.45) is 0 Å². The Hall–Kier alpha value is -5.55. The number of hydrogen-bond donors (Lipinski definition) is 5. The van der Waals surface area contributed by atoms with Gasteiger partial charge in [-0.1, -0.05) is 6.07 Å². The number of hydrogen-bond acceptors (Lipinski definition) is 11. The third-order valence-electron chi connectivity index (χ3n) is 9.16. The minimum Gasteiger partial charge on any atom is -0.507 e. The molecule has 0 radical (unpaired) electrons. The van der Waals surface area contributed by atoms with Gasteiger partial charge in [-0.15, -0.1) is 0 Å². The first kappa shape index (κ1) is 31.4. The van der Waals surface area contributed by atoms with E-state index in [1.807, 2.05) is 0 Å². The molecule has 0 saturated heterocycles. The lowest BCUT2D eigenvalue weighted by Crippen LogP contribution is -2.45. The van der Waals surface area contributed by atoms with Crippen LogP contribution in [-0.4, -0.2) is 66.3 Å². The molecule has 2 aliphatic carbocycles. The summed E-state index contributed by atoms with van der Waals surface area (Å²) in [5.74, 6) is -6.63. The van der Waals surface area contributed by atoms with Gasteiger partial charge >= 0.3 is 5.97 Å². The maximum atomic E-state index is 13.7. The second kappa shape index (κ2) is 10.5. The van der Waals surface area contributed by atoms with Gasteiger partial charge in [0.1, 0.15) is 29.1 Å². The van der Waals surface area contributed by atoms with Crippen molar-refractivity contribution in [3.05, 3.63) is 80.9 Å². The van der Waals surface area contributed by atoms with Crippen LogP contribution < -0.4 is 0 Å². The van der Waals surface area contributed by atoms with Gasteiger partial charge in [-0.05, 0) is 74.5 Å². The predicted octanol–water partition coefficient (Wildman–Crippen LogP) is 4.99. The topological polar surface area (TPSA) is 196 Å². The molecule has 0 amide bonds. The third-order valence-corrected chi connectivity index (χ3v) is 9.16. The normalized spacial score (nSPS) is 19.2. The summed E-state index contributed by atoms with van der Waals surface area (Å²) in [6.07, 6.45) is -1.29. The molecule has 47 heavy (non-hydrogen) atoms. The largest absolute Gasteiger partial charge is 0.507 e. The molecule has 240 valence electrons. The van der Waals surface area contributed by atoms with Crippen LogP contribution in [0.5, 0.6) is 23.0 Å². The maximum absolute atomic E-state index is 13.7. The van der Waals surface area contributed by atoms with E-state index in [4.69, 9.17) is 4.74 Å². The highest BCUT2D eigenvalue weighted by molar-refractivity contribution is 6.33. The van der Waals surface area contributed by atoms with Crippen LogP contribution >= 0.6 is 0 Å². The van der Waals surface area contributed by atoms with Crippen LogP contribution in [0.3, 0.4) is 0 Å². The number of Topliss-reactive ketones (excluding diaryl/α,β-unsaturated/α-hetero) is 2. The lowest BCUT2D eigenvalue weighted by Gasteiger charge is -2.41. The zero-order valence-electron chi connectivity index (χ0n) is 26.0. The molecule has 0 aromatic heterocycles. The Morgan fingerprint density at radius 1 is 0.830 bits per heavy atom. The van der Waals surface area contributed by atoms with Gasteiger partial charge in [-0.2, -0.15) is 0 Å². The van der Waals surface area contributed by atoms with Gasteiger partial charge in [-0.25, -0.2) is 0 Å². The molecular weight excluding hydrogens is 608 g/mol. The Labute approximate surface area is 267 Å². The number of fused-ring (bicyclic) bond motifs is 4. The molecule has 0 aliphatic heterocycles. The average Bonchev–Trinajstić information content (AvgIpc) is 2.94. The highest BCUT2D eigenvalue weighted by atomic mass is 16.5. The summed E-state index contributed by atoms with van der Waals surface area (Å²) >= 11 is 0. The number of phenols is 4. The molecule has 2 aliphatic rings. The SMILES string of the molecule is CC(=O)OC(C)C1c2cc3ccc(-c4ccc5c(c4O)C(=O)c4c(O)cc(C)c(C(C)=O)c4C5=O)c(O)c3c(O)c2C(=O)CC1(C)O. The third kappa shape index (κ3) is 4.49. The highest BCUT2D eigenvalue weighted by Crippen LogP contribution is 2.52. The van der Waals surface area contributed by atoms with Crippen molar-refractivity contribution in [1.82, 2.24) is 0 Å². The summed E-state index contributed by atoms with van der Waals surface area (Å²) < 4.78 is 5.35. The van der Waals surface area contributed by atoms with Crippen LogP contribution in [0, 0.1) is 6.92 Å². The van der Waals surface area contributed by atoms with Crippen molar-refractivity contribution < 1.29 is 54.2 Å². The van der Waals surface area contributed by atoms with E-state index in [1.165, 1.54) is 64.1 Å². The molecule has 0 spiro atoms. The number of ether oxygens (including phenoxy) is 1. The summed E-state index contributed by atoms with van der Waals surface area (Å²) in [7, 11) is 0. The van der Waals surface area contributed by atoms with Crippen molar-refractivity contribution in [3.8, 4) is 34.1 Å². The van der Waals surface area contributed by atoms with Gasteiger partial charge in [0.25, 0.3) is 0 Å². The molecule has 3 atom stereocenters. The van der Waals surface area contributed by atoms with Gasteiger partial charge in [0.05, 0.1) is 33.6 Å². The van der Waals surface area contributed by atoms with Gasteiger partial charge < -0.3 is 30.3 Å². The number of esters is 1. The molecular formula is C36H30O11. The van der Waals surface area contributed by atoms with Gasteiger partial charge in [0.2, 0.25) is 5.78 Å². The van der Waals surface area contributed by atoms with E-state index in [9.17, 15) is 49.5 Å². The number of aliphatic hydroxyl groups is 1. The number of benzene rings is 4. The number of carbonyl (C=O) groups is 5. The van der Waals surface area contributed by atoms with E-state index in [0.29, 0.717) is 5.56 Å². The fourth-order valence-electron chi connectivity index (χ4n) is 7.38. The Morgan fingerprint density at radius 3 is 2.09 bits per heavy atom. The molecule has 6 rings (SSSR count). The second-order valence-electron chi connectivity index (χ2n) is 12.4. The number of aromatic hydroxyl groups is 4. The van der Waals surface area contributed by atoms with Gasteiger partial charge in [0.15, 0.2) is 17.3 Å². The molecule has 4 aromatic rings. The number of carbonyl (C=O) groups excluding carboxylic acids is 5. The molecule has 3 unspecified atom stereocenters. The molecule has 11 nitrogen and oxygen atoms in total. The summed E-state index contributed by atoms with van der Waals surface area (Å²) in [5, 5.41) is 56.4. The summed E-state index contributed by atoms with van der Waals surface area (Å²) in [6, 6.07) is 8.15. The van der Waals surface area contributed by atoms with E-state index < -0.39 is 87.3 Å². The number of phenolic OH excluding ortho intramolecular Hbond substituents is 4. The zero-order valence-corrected chi connectivity index (χ0v) is 26.0.